The Morgan fingerprint density at radius 1 is 1.26 bits per heavy atom. The highest BCUT2D eigenvalue weighted by Crippen LogP contribution is 2.50. The third kappa shape index (κ3) is 1.64. The molecular formula is C15H15ClN2O. The van der Waals surface area contributed by atoms with Crippen molar-refractivity contribution >= 4 is 22.5 Å². The molecule has 0 N–H and O–H groups in total. The van der Waals surface area contributed by atoms with Gasteiger partial charge in [0.2, 0.25) is 0 Å². The van der Waals surface area contributed by atoms with Gasteiger partial charge in [-0.3, -0.25) is 9.36 Å². The van der Waals surface area contributed by atoms with Gasteiger partial charge in [0.1, 0.15) is 0 Å². The Kier molecular flexibility index (Phi) is 2.46. The van der Waals surface area contributed by atoms with Gasteiger partial charge in [0.15, 0.2) is 0 Å². The summed E-state index contributed by atoms with van der Waals surface area (Å²) in [5.41, 5.74) is 0.713. The topological polar surface area (TPSA) is 34.9 Å². The maximum atomic E-state index is 12.7. The first kappa shape index (κ1) is 11.5. The van der Waals surface area contributed by atoms with Crippen molar-refractivity contribution in [1.29, 1.82) is 0 Å². The highest BCUT2D eigenvalue weighted by atomic mass is 35.5. The molecule has 3 nitrogen and oxygen atoms in total. The van der Waals surface area contributed by atoms with E-state index in [0.717, 1.165) is 12.3 Å². The van der Waals surface area contributed by atoms with Gasteiger partial charge in [-0.1, -0.05) is 24.1 Å². The van der Waals surface area contributed by atoms with Crippen molar-refractivity contribution in [3.05, 3.63) is 39.9 Å². The van der Waals surface area contributed by atoms with E-state index in [1.807, 2.05) is 16.7 Å². The average molecular weight is 275 g/mol. The lowest BCUT2D eigenvalue weighted by Gasteiger charge is -2.23. The second-order valence-corrected chi connectivity index (χ2v) is 6.24. The van der Waals surface area contributed by atoms with Gasteiger partial charge in [0, 0.05) is 6.04 Å². The van der Waals surface area contributed by atoms with E-state index >= 15 is 0 Å². The molecule has 98 valence electrons. The number of benzene rings is 1. The minimum Gasteiger partial charge on any atom is -0.295 e. The lowest BCUT2D eigenvalue weighted by atomic mass is 9.95. The van der Waals surface area contributed by atoms with E-state index in [1.165, 1.54) is 19.3 Å². The molecule has 1 heterocycles. The van der Waals surface area contributed by atoms with E-state index < -0.39 is 0 Å². The molecule has 2 aliphatic rings. The van der Waals surface area contributed by atoms with E-state index in [-0.39, 0.29) is 5.56 Å². The van der Waals surface area contributed by atoms with Gasteiger partial charge in [-0.15, -0.1) is 0 Å². The predicted molar refractivity (Wildman–Crippen MR) is 75.5 cm³/mol. The first-order valence-electron chi connectivity index (χ1n) is 6.89. The fourth-order valence-corrected chi connectivity index (χ4v) is 4.18. The minimum atomic E-state index is 0.0214. The van der Waals surface area contributed by atoms with Crippen LogP contribution < -0.4 is 5.56 Å². The first-order valence-corrected chi connectivity index (χ1v) is 7.27. The molecule has 3 atom stereocenters. The Bertz CT molecular complexity index is 709. The summed E-state index contributed by atoms with van der Waals surface area (Å²) in [6, 6.07) is 5.77. The maximum Gasteiger partial charge on any atom is 0.262 e. The monoisotopic (exact) mass is 274 g/mol. The molecule has 1 aromatic carbocycles. The fourth-order valence-electron chi connectivity index (χ4n) is 3.93. The predicted octanol–water partition coefficient (Wildman–Crippen LogP) is 3.41. The molecule has 0 spiro atoms. The molecule has 0 saturated heterocycles. The highest BCUT2D eigenvalue weighted by Gasteiger charge is 2.40. The van der Waals surface area contributed by atoms with Gasteiger partial charge in [-0.25, -0.2) is 4.98 Å². The SMILES string of the molecule is O=c1c2c(Cl)cccc2ncn1[C@@H]1C[C@@H]2CC[C@H]1C2. The molecule has 2 aromatic rings. The summed E-state index contributed by atoms with van der Waals surface area (Å²) in [4.78, 5) is 17.1. The second kappa shape index (κ2) is 4.07. The normalized spacial score (nSPS) is 29.2. The molecule has 2 saturated carbocycles. The largest absolute Gasteiger partial charge is 0.295 e. The van der Waals surface area contributed by atoms with Crippen molar-refractivity contribution in [2.24, 2.45) is 11.8 Å². The average Bonchev–Trinajstić information content (AvgIpc) is 3.01. The smallest absolute Gasteiger partial charge is 0.262 e. The molecule has 0 unspecified atom stereocenters. The van der Waals surface area contributed by atoms with Crippen LogP contribution in [0.15, 0.2) is 29.3 Å². The zero-order chi connectivity index (χ0) is 13.0. The second-order valence-electron chi connectivity index (χ2n) is 5.83. The number of fused-ring (bicyclic) bond motifs is 3. The number of aromatic nitrogens is 2. The number of hydrogen-bond donors (Lipinski definition) is 0. The van der Waals surface area contributed by atoms with Crippen LogP contribution in [0.2, 0.25) is 5.02 Å². The third-order valence-corrected chi connectivity index (χ3v) is 5.13. The molecule has 2 bridgehead atoms. The summed E-state index contributed by atoms with van der Waals surface area (Å²) >= 11 is 6.17. The van der Waals surface area contributed by atoms with Crippen LogP contribution in [0.1, 0.15) is 31.7 Å². The lowest BCUT2D eigenvalue weighted by molar-refractivity contribution is 0.322. The standard InChI is InChI=1S/C15H15ClN2O/c16-11-2-1-3-12-14(11)15(19)18(8-17-12)13-7-9-4-5-10(13)6-9/h1-3,8-10,13H,4-7H2/t9-,10+,13-/m1/s1. The molecule has 2 aliphatic carbocycles. The van der Waals surface area contributed by atoms with E-state index in [4.69, 9.17) is 11.6 Å². The minimum absolute atomic E-state index is 0.0214. The summed E-state index contributed by atoms with van der Waals surface area (Å²) in [6.07, 6.45) is 6.70. The molecular weight excluding hydrogens is 260 g/mol. The molecule has 4 heteroatoms. The number of rotatable bonds is 1. The van der Waals surface area contributed by atoms with E-state index in [2.05, 4.69) is 4.98 Å². The van der Waals surface area contributed by atoms with Gasteiger partial charge in [-0.2, -0.15) is 0 Å². The van der Waals surface area contributed by atoms with Crippen molar-refractivity contribution in [3.8, 4) is 0 Å². The Hall–Kier alpha value is -1.35. The molecule has 1 aromatic heterocycles. The van der Waals surface area contributed by atoms with Crippen molar-refractivity contribution in [2.45, 2.75) is 31.7 Å². The molecule has 0 aliphatic heterocycles. The molecule has 0 amide bonds. The zero-order valence-electron chi connectivity index (χ0n) is 10.6. The Morgan fingerprint density at radius 2 is 2.16 bits per heavy atom. The Labute approximate surface area is 116 Å². The third-order valence-electron chi connectivity index (χ3n) is 4.82. The zero-order valence-corrected chi connectivity index (χ0v) is 11.3. The summed E-state index contributed by atoms with van der Waals surface area (Å²) in [7, 11) is 0. The summed E-state index contributed by atoms with van der Waals surface area (Å²) in [5, 5.41) is 1.07. The van der Waals surface area contributed by atoms with Gasteiger partial charge in [0.05, 0.1) is 22.3 Å². The Balaban J connectivity index is 1.90. The first-order chi connectivity index (χ1) is 9.24. The van der Waals surface area contributed by atoms with Crippen LogP contribution in [-0.2, 0) is 0 Å². The summed E-state index contributed by atoms with van der Waals surface area (Å²) in [5.74, 6) is 1.47. The Morgan fingerprint density at radius 3 is 2.89 bits per heavy atom. The molecule has 0 radical (unpaired) electrons. The van der Waals surface area contributed by atoms with Crippen molar-refractivity contribution in [2.75, 3.05) is 0 Å². The quantitative estimate of drug-likeness (QED) is 0.799. The molecule has 4 rings (SSSR count). The highest BCUT2D eigenvalue weighted by molar-refractivity contribution is 6.35. The van der Waals surface area contributed by atoms with Gasteiger partial charge >= 0.3 is 0 Å². The van der Waals surface area contributed by atoms with Gasteiger partial charge in [0.25, 0.3) is 5.56 Å². The summed E-state index contributed by atoms with van der Waals surface area (Å²) in [6.45, 7) is 0. The molecule has 2 fully saturated rings. The van der Waals surface area contributed by atoms with Crippen LogP contribution in [0.5, 0.6) is 0 Å². The maximum absolute atomic E-state index is 12.7. The van der Waals surface area contributed by atoms with Crippen LogP contribution in [-0.4, -0.2) is 9.55 Å². The number of nitrogens with zero attached hydrogens (tertiary/aromatic N) is 2. The van der Waals surface area contributed by atoms with E-state index in [0.29, 0.717) is 27.9 Å². The van der Waals surface area contributed by atoms with Crippen LogP contribution in [0, 0.1) is 11.8 Å². The number of hydrogen-bond acceptors (Lipinski definition) is 2. The van der Waals surface area contributed by atoms with Crippen molar-refractivity contribution < 1.29 is 0 Å². The van der Waals surface area contributed by atoms with Crippen molar-refractivity contribution in [3.63, 3.8) is 0 Å². The fraction of sp³-hybridized carbons (Fsp3) is 0.467. The van der Waals surface area contributed by atoms with E-state index in [1.54, 1.807) is 12.4 Å². The van der Waals surface area contributed by atoms with Crippen LogP contribution in [0.25, 0.3) is 10.9 Å². The van der Waals surface area contributed by atoms with Crippen LogP contribution in [0.3, 0.4) is 0 Å². The number of halogens is 1. The summed E-state index contributed by atoms with van der Waals surface area (Å²) < 4.78 is 1.83. The molecule has 19 heavy (non-hydrogen) atoms. The van der Waals surface area contributed by atoms with Gasteiger partial charge in [-0.05, 0) is 43.2 Å². The van der Waals surface area contributed by atoms with Crippen LogP contribution >= 0.6 is 11.6 Å². The van der Waals surface area contributed by atoms with E-state index in [9.17, 15) is 4.79 Å². The van der Waals surface area contributed by atoms with Gasteiger partial charge < -0.3 is 0 Å². The van der Waals surface area contributed by atoms with Crippen molar-refractivity contribution in [1.82, 2.24) is 9.55 Å². The lowest BCUT2D eigenvalue weighted by Crippen LogP contribution is -2.28. The van der Waals surface area contributed by atoms with Crippen LogP contribution in [0.4, 0.5) is 0 Å².